The van der Waals surface area contributed by atoms with Gasteiger partial charge < -0.3 is 4.57 Å². The molecule has 1 fully saturated rings. The number of H-pyrrole nitrogens is 1. The molecule has 0 amide bonds. The Bertz CT molecular complexity index is 1650. The van der Waals surface area contributed by atoms with Crippen LogP contribution in [0.1, 0.15) is 50.1 Å². The van der Waals surface area contributed by atoms with E-state index in [1.807, 2.05) is 35.0 Å². The molecule has 36 heavy (non-hydrogen) atoms. The summed E-state index contributed by atoms with van der Waals surface area (Å²) in [5, 5.41) is 8.54. The lowest BCUT2D eigenvalue weighted by molar-refractivity contribution is 0.434. The summed E-state index contributed by atoms with van der Waals surface area (Å²) in [7, 11) is 0. The first-order chi connectivity index (χ1) is 17.7. The van der Waals surface area contributed by atoms with E-state index in [4.69, 9.17) is 0 Å². The summed E-state index contributed by atoms with van der Waals surface area (Å²) in [5.41, 5.74) is 1.95. The molecular formula is C27H26N6O2S. The zero-order chi connectivity index (χ0) is 24.5. The molecule has 1 aliphatic rings. The lowest BCUT2D eigenvalue weighted by Gasteiger charge is -2.18. The Morgan fingerprint density at radius 2 is 1.58 bits per heavy atom. The van der Waals surface area contributed by atoms with E-state index in [-0.39, 0.29) is 17.2 Å². The number of aromatic amines is 1. The Morgan fingerprint density at radius 3 is 2.36 bits per heavy atom. The van der Waals surface area contributed by atoms with Crippen LogP contribution in [0, 0.1) is 0 Å². The number of hydrogen-bond acceptors (Lipinski definition) is 6. The molecular weight excluding hydrogens is 472 g/mol. The van der Waals surface area contributed by atoms with Gasteiger partial charge in [0.05, 0.1) is 21.8 Å². The van der Waals surface area contributed by atoms with E-state index >= 15 is 0 Å². The van der Waals surface area contributed by atoms with Crippen LogP contribution >= 0.6 is 11.8 Å². The number of fused-ring (bicyclic) bond motifs is 2. The minimum Gasteiger partial charge on any atom is -0.312 e. The number of rotatable bonds is 5. The molecule has 9 heteroatoms. The molecule has 0 saturated heterocycles. The first kappa shape index (κ1) is 22.7. The van der Waals surface area contributed by atoms with Crippen molar-refractivity contribution in [3.8, 4) is 5.95 Å². The summed E-state index contributed by atoms with van der Waals surface area (Å²) < 4.78 is 3.26. The van der Waals surface area contributed by atoms with Crippen molar-refractivity contribution in [2.75, 3.05) is 0 Å². The molecule has 8 nitrogen and oxygen atoms in total. The Kier molecular flexibility index (Phi) is 6.14. The van der Waals surface area contributed by atoms with Gasteiger partial charge in [-0.05, 0) is 36.6 Å². The molecule has 1 aliphatic carbocycles. The number of thioether (sulfide) groups is 1. The number of nitrogens with zero attached hydrogens (tertiary/aromatic N) is 5. The summed E-state index contributed by atoms with van der Waals surface area (Å²) in [6.07, 6.45) is 10.2. The first-order valence-electron chi connectivity index (χ1n) is 12.3. The molecule has 4 aromatic heterocycles. The quantitative estimate of drug-likeness (QED) is 0.208. The lowest BCUT2D eigenvalue weighted by Crippen LogP contribution is -2.25. The predicted octanol–water partition coefficient (Wildman–Crippen LogP) is 5.01. The topological polar surface area (TPSA) is 98.5 Å². The molecule has 0 aliphatic heterocycles. The summed E-state index contributed by atoms with van der Waals surface area (Å²) >= 11 is 1.49. The van der Waals surface area contributed by atoms with Crippen molar-refractivity contribution in [1.29, 1.82) is 0 Å². The van der Waals surface area contributed by atoms with Gasteiger partial charge in [0.1, 0.15) is 0 Å². The van der Waals surface area contributed by atoms with Gasteiger partial charge in [-0.15, -0.1) is 5.10 Å². The van der Waals surface area contributed by atoms with Crippen LogP contribution in [0.3, 0.4) is 0 Å². The SMILES string of the molecule is O=c1c2cc3c(=O)n(C4CCCCCC4)ccc3nc2ccn1-c1nc(SCc2ccccc2)n[nH]1. The third kappa shape index (κ3) is 4.35. The second kappa shape index (κ2) is 9.73. The highest BCUT2D eigenvalue weighted by molar-refractivity contribution is 7.98. The van der Waals surface area contributed by atoms with Gasteiger partial charge in [0.25, 0.3) is 11.1 Å². The largest absolute Gasteiger partial charge is 0.312 e. The molecule has 4 heterocycles. The fourth-order valence-corrected chi connectivity index (χ4v) is 5.71. The van der Waals surface area contributed by atoms with Crippen LogP contribution in [0.5, 0.6) is 0 Å². The average Bonchev–Trinajstić information content (AvgIpc) is 3.21. The molecule has 0 unspecified atom stereocenters. The molecule has 182 valence electrons. The molecule has 1 aromatic carbocycles. The number of nitrogens with one attached hydrogen (secondary N) is 1. The van der Waals surface area contributed by atoms with Crippen LogP contribution in [0.2, 0.25) is 0 Å². The van der Waals surface area contributed by atoms with Crippen molar-refractivity contribution in [1.82, 2.24) is 29.3 Å². The van der Waals surface area contributed by atoms with Gasteiger partial charge in [0, 0.05) is 24.2 Å². The molecule has 5 aromatic rings. The normalized spacial score (nSPS) is 14.9. The Hall–Kier alpha value is -3.72. The highest BCUT2D eigenvalue weighted by atomic mass is 32.2. The van der Waals surface area contributed by atoms with Crippen molar-refractivity contribution in [3.05, 3.63) is 87.2 Å². The van der Waals surface area contributed by atoms with Crippen LogP contribution in [0.25, 0.3) is 27.8 Å². The van der Waals surface area contributed by atoms with Gasteiger partial charge in [-0.1, -0.05) is 67.8 Å². The average molecular weight is 499 g/mol. The lowest BCUT2D eigenvalue weighted by atomic mass is 10.1. The van der Waals surface area contributed by atoms with Crippen LogP contribution in [-0.2, 0) is 5.75 Å². The molecule has 1 saturated carbocycles. The van der Waals surface area contributed by atoms with Crippen LogP contribution in [-0.4, -0.2) is 29.3 Å². The van der Waals surface area contributed by atoms with Crippen molar-refractivity contribution < 1.29 is 0 Å². The van der Waals surface area contributed by atoms with E-state index in [1.54, 1.807) is 18.3 Å². The first-order valence-corrected chi connectivity index (χ1v) is 13.3. The molecule has 0 atom stereocenters. The summed E-state index contributed by atoms with van der Waals surface area (Å²) in [4.78, 5) is 36.0. The van der Waals surface area contributed by atoms with Gasteiger partial charge >= 0.3 is 0 Å². The highest BCUT2D eigenvalue weighted by Gasteiger charge is 2.18. The molecule has 0 spiro atoms. The van der Waals surface area contributed by atoms with Crippen LogP contribution in [0.4, 0.5) is 0 Å². The number of hydrogen-bond donors (Lipinski definition) is 1. The van der Waals surface area contributed by atoms with Crippen molar-refractivity contribution in [3.63, 3.8) is 0 Å². The van der Waals surface area contributed by atoms with Gasteiger partial charge in [-0.25, -0.2) is 10.1 Å². The highest BCUT2D eigenvalue weighted by Crippen LogP contribution is 2.27. The van der Waals surface area contributed by atoms with E-state index in [9.17, 15) is 9.59 Å². The second-order valence-electron chi connectivity index (χ2n) is 9.23. The van der Waals surface area contributed by atoms with E-state index in [0.717, 1.165) is 31.4 Å². The van der Waals surface area contributed by atoms with Gasteiger partial charge in [-0.3, -0.25) is 14.2 Å². The fourth-order valence-electron chi connectivity index (χ4n) is 4.96. The summed E-state index contributed by atoms with van der Waals surface area (Å²) in [6, 6.07) is 15.6. The van der Waals surface area contributed by atoms with E-state index < -0.39 is 0 Å². The standard InChI is InChI=1S/C27H26N6O2S/c34-24-20-16-21-23(28-22(20)12-14-32(24)19-10-6-1-2-7-11-19)13-15-33(25(21)35)26-29-27(31-30-26)36-17-18-8-4-3-5-9-18/h3-5,8-9,12-16,19H,1-2,6-7,10-11,17H2,(H,29,30,31). The van der Waals surface area contributed by atoms with Crippen LogP contribution in [0.15, 0.2) is 75.7 Å². The maximum atomic E-state index is 13.4. The second-order valence-corrected chi connectivity index (χ2v) is 10.2. The smallest absolute Gasteiger partial charge is 0.266 e. The van der Waals surface area contributed by atoms with Crippen LogP contribution < -0.4 is 11.1 Å². The third-order valence-electron chi connectivity index (χ3n) is 6.88. The zero-order valence-corrected chi connectivity index (χ0v) is 20.6. The summed E-state index contributed by atoms with van der Waals surface area (Å²) in [6.45, 7) is 0. The van der Waals surface area contributed by atoms with Crippen molar-refractivity contribution in [2.24, 2.45) is 0 Å². The Morgan fingerprint density at radius 1 is 0.861 bits per heavy atom. The zero-order valence-electron chi connectivity index (χ0n) is 19.8. The maximum Gasteiger partial charge on any atom is 0.266 e. The van der Waals surface area contributed by atoms with Gasteiger partial charge in [-0.2, -0.15) is 4.98 Å². The molecule has 1 N–H and O–H groups in total. The molecule has 0 bridgehead atoms. The van der Waals surface area contributed by atoms with Gasteiger partial charge in [0.2, 0.25) is 11.1 Å². The van der Waals surface area contributed by atoms with Crippen molar-refractivity contribution >= 4 is 33.6 Å². The van der Waals surface area contributed by atoms with E-state index in [0.29, 0.717) is 32.9 Å². The minimum atomic E-state index is -0.290. The van der Waals surface area contributed by atoms with E-state index in [1.165, 1.54) is 34.7 Å². The van der Waals surface area contributed by atoms with Gasteiger partial charge in [0.15, 0.2) is 0 Å². The monoisotopic (exact) mass is 498 g/mol. The number of benzene rings is 1. The number of aromatic nitrogens is 6. The van der Waals surface area contributed by atoms with E-state index in [2.05, 4.69) is 32.3 Å². The third-order valence-corrected chi connectivity index (χ3v) is 7.80. The van der Waals surface area contributed by atoms with Crippen molar-refractivity contribution in [2.45, 2.75) is 55.5 Å². The molecule has 0 radical (unpaired) electrons. The summed E-state index contributed by atoms with van der Waals surface area (Å²) in [5.74, 6) is 1.06. The maximum absolute atomic E-state index is 13.4. The Labute approximate surface area is 211 Å². The minimum absolute atomic E-state index is 0.0807. The Balaban J connectivity index is 1.35. The predicted molar refractivity (Wildman–Crippen MR) is 142 cm³/mol. The number of pyridine rings is 3. The fraction of sp³-hybridized carbons (Fsp3) is 0.296. The molecule has 6 rings (SSSR count).